The van der Waals surface area contributed by atoms with Gasteiger partial charge in [0.2, 0.25) is 15.9 Å². The van der Waals surface area contributed by atoms with Crippen LogP contribution in [0.25, 0.3) is 0 Å². The molecule has 4 rings (SSSR count). The van der Waals surface area contributed by atoms with Crippen molar-refractivity contribution in [1.82, 2.24) is 9.29 Å². The van der Waals surface area contributed by atoms with Crippen molar-refractivity contribution in [2.75, 3.05) is 24.7 Å². The Hall–Kier alpha value is -1.82. The van der Waals surface area contributed by atoms with Gasteiger partial charge in [-0.2, -0.15) is 4.31 Å². The molecule has 1 saturated heterocycles. The van der Waals surface area contributed by atoms with E-state index in [0.29, 0.717) is 18.0 Å². The Morgan fingerprint density at radius 1 is 1.13 bits per heavy atom. The van der Waals surface area contributed by atoms with Gasteiger partial charge >= 0.3 is 0 Å². The molecule has 1 aliphatic heterocycles. The van der Waals surface area contributed by atoms with Gasteiger partial charge in [0.1, 0.15) is 0 Å². The molecule has 1 aliphatic carbocycles. The number of hydrogen-bond donors (Lipinski definition) is 1. The maximum atomic E-state index is 12.9. The minimum atomic E-state index is -3.82. The Balaban J connectivity index is 1.40. The molecule has 0 saturated carbocycles. The largest absolute Gasteiger partial charge is 0.302 e. The number of carbonyl (C=O) groups excluding carboxylic acids is 1. The monoisotopic (exact) mass is 469 g/mol. The summed E-state index contributed by atoms with van der Waals surface area (Å²) in [7, 11) is -7.33. The zero-order valence-electron chi connectivity index (χ0n) is 16.5. The van der Waals surface area contributed by atoms with E-state index in [1.807, 2.05) is 0 Å². The van der Waals surface area contributed by atoms with E-state index in [2.05, 4.69) is 10.3 Å². The lowest BCUT2D eigenvalue weighted by molar-refractivity contribution is -0.120. The fourth-order valence-electron chi connectivity index (χ4n) is 3.82. The third-order valence-corrected chi connectivity index (χ3v) is 9.60. The van der Waals surface area contributed by atoms with E-state index in [-0.39, 0.29) is 34.7 Å². The highest BCUT2D eigenvalue weighted by Crippen LogP contribution is 2.31. The van der Waals surface area contributed by atoms with Crippen LogP contribution in [0.5, 0.6) is 0 Å². The highest BCUT2D eigenvalue weighted by atomic mass is 32.2. The molecular formula is C19H23N3O5S3. The van der Waals surface area contributed by atoms with Gasteiger partial charge < -0.3 is 5.32 Å². The van der Waals surface area contributed by atoms with Gasteiger partial charge in [-0.15, -0.1) is 11.3 Å². The number of aromatic nitrogens is 1. The van der Waals surface area contributed by atoms with Crippen molar-refractivity contribution in [3.63, 3.8) is 0 Å². The number of fused-ring (bicyclic) bond motifs is 1. The Kier molecular flexibility index (Phi) is 5.73. The summed E-state index contributed by atoms with van der Waals surface area (Å²) in [5.41, 5.74) is 1.08. The van der Waals surface area contributed by atoms with Crippen molar-refractivity contribution in [2.45, 2.75) is 41.9 Å². The predicted molar refractivity (Wildman–Crippen MR) is 114 cm³/mol. The summed E-state index contributed by atoms with van der Waals surface area (Å²) in [5, 5.41) is 3.51. The normalized spacial score (nSPS) is 18.3. The summed E-state index contributed by atoms with van der Waals surface area (Å²) in [6.07, 6.45) is 4.93. The molecule has 1 fully saturated rings. The molecule has 30 heavy (non-hydrogen) atoms. The number of thiazole rings is 1. The standard InChI is InChI=1S/C19H23N3O5S3/c1-29(24,25)14-4-2-5-15(12-14)30(26,27)22-10-8-13(9-11-22)18(23)21-19-20-16-6-3-7-17(16)28-19/h2,4-5,12-13H,3,6-11H2,1H3,(H,20,21,23). The van der Waals surface area contributed by atoms with E-state index in [0.717, 1.165) is 31.2 Å². The Morgan fingerprint density at radius 2 is 1.83 bits per heavy atom. The van der Waals surface area contributed by atoms with Crippen LogP contribution in [0.1, 0.15) is 29.8 Å². The van der Waals surface area contributed by atoms with Crippen molar-refractivity contribution in [3.05, 3.63) is 34.8 Å². The number of nitrogens with zero attached hydrogens (tertiary/aromatic N) is 2. The van der Waals surface area contributed by atoms with E-state index in [4.69, 9.17) is 0 Å². The van der Waals surface area contributed by atoms with Crippen LogP contribution >= 0.6 is 11.3 Å². The second-order valence-corrected chi connectivity index (χ2v) is 12.7. The first-order chi connectivity index (χ1) is 14.1. The quantitative estimate of drug-likeness (QED) is 0.717. The van der Waals surface area contributed by atoms with Gasteiger partial charge in [0, 0.05) is 30.1 Å². The number of piperidine rings is 1. The third-order valence-electron chi connectivity index (χ3n) is 5.52. The second-order valence-electron chi connectivity index (χ2n) is 7.66. The zero-order chi connectivity index (χ0) is 21.5. The van der Waals surface area contributed by atoms with E-state index >= 15 is 0 Å². The number of anilines is 1. The fraction of sp³-hybridized carbons (Fsp3) is 0.474. The molecule has 8 nitrogen and oxygen atoms in total. The molecule has 162 valence electrons. The number of sulfone groups is 1. The summed E-state index contributed by atoms with van der Waals surface area (Å²) in [4.78, 5) is 18.2. The highest BCUT2D eigenvalue weighted by Gasteiger charge is 2.33. The first-order valence-corrected chi connectivity index (χ1v) is 13.9. The van der Waals surface area contributed by atoms with Crippen molar-refractivity contribution < 1.29 is 21.6 Å². The number of rotatable bonds is 5. The number of aryl methyl sites for hydroxylation is 2. The van der Waals surface area contributed by atoms with Crippen LogP contribution in [0.3, 0.4) is 0 Å². The molecule has 0 bridgehead atoms. The Bertz CT molecular complexity index is 1160. The maximum absolute atomic E-state index is 12.9. The second kappa shape index (κ2) is 8.03. The molecule has 0 atom stereocenters. The predicted octanol–water partition coefficient (Wildman–Crippen LogP) is 2.07. The zero-order valence-corrected chi connectivity index (χ0v) is 18.9. The first-order valence-electron chi connectivity index (χ1n) is 9.74. The number of benzene rings is 1. The topological polar surface area (TPSA) is 114 Å². The summed E-state index contributed by atoms with van der Waals surface area (Å²) in [5.74, 6) is -0.406. The molecular weight excluding hydrogens is 446 g/mol. The lowest BCUT2D eigenvalue weighted by Crippen LogP contribution is -2.41. The van der Waals surface area contributed by atoms with Crippen LogP contribution in [0.4, 0.5) is 5.13 Å². The van der Waals surface area contributed by atoms with Gasteiger partial charge in [-0.1, -0.05) is 6.07 Å². The summed E-state index contributed by atoms with van der Waals surface area (Å²) in [6, 6.07) is 5.38. The van der Waals surface area contributed by atoms with Gasteiger partial charge in [-0.05, 0) is 50.3 Å². The SMILES string of the molecule is CS(=O)(=O)c1cccc(S(=O)(=O)N2CCC(C(=O)Nc3nc4c(s3)CCC4)CC2)c1. The van der Waals surface area contributed by atoms with Crippen molar-refractivity contribution in [1.29, 1.82) is 0 Å². The van der Waals surface area contributed by atoms with E-state index < -0.39 is 19.9 Å². The summed E-state index contributed by atoms with van der Waals surface area (Å²) >= 11 is 1.52. The smallest absolute Gasteiger partial charge is 0.243 e. The molecule has 1 amide bonds. The molecule has 0 spiro atoms. The minimum absolute atomic E-state index is 0.0341. The molecule has 2 aromatic rings. The molecule has 1 aromatic carbocycles. The van der Waals surface area contributed by atoms with Crippen molar-refractivity contribution >= 4 is 42.2 Å². The molecule has 0 unspecified atom stereocenters. The number of carbonyl (C=O) groups is 1. The highest BCUT2D eigenvalue weighted by molar-refractivity contribution is 7.91. The van der Waals surface area contributed by atoms with Crippen LogP contribution < -0.4 is 5.32 Å². The Morgan fingerprint density at radius 3 is 2.50 bits per heavy atom. The lowest BCUT2D eigenvalue weighted by Gasteiger charge is -2.30. The van der Waals surface area contributed by atoms with Crippen LogP contribution in [0, 0.1) is 5.92 Å². The average Bonchev–Trinajstić information content (AvgIpc) is 3.29. The van der Waals surface area contributed by atoms with Gasteiger partial charge in [-0.3, -0.25) is 4.79 Å². The number of hydrogen-bond acceptors (Lipinski definition) is 7. The molecule has 0 radical (unpaired) electrons. The molecule has 2 aliphatic rings. The molecule has 1 aromatic heterocycles. The van der Waals surface area contributed by atoms with E-state index in [9.17, 15) is 21.6 Å². The fourth-order valence-corrected chi connectivity index (χ4v) is 7.13. The summed E-state index contributed by atoms with van der Waals surface area (Å²) in [6.45, 7) is 0.412. The van der Waals surface area contributed by atoms with Gasteiger partial charge in [0.15, 0.2) is 15.0 Å². The first kappa shape index (κ1) is 21.4. The van der Waals surface area contributed by atoms with E-state index in [1.165, 1.54) is 44.8 Å². The van der Waals surface area contributed by atoms with E-state index in [1.54, 1.807) is 0 Å². The number of sulfonamides is 1. The average molecular weight is 470 g/mol. The van der Waals surface area contributed by atoms with Gasteiger partial charge in [-0.25, -0.2) is 21.8 Å². The number of nitrogens with one attached hydrogen (secondary N) is 1. The van der Waals surface area contributed by atoms with Crippen LogP contribution in [0.15, 0.2) is 34.1 Å². The summed E-state index contributed by atoms with van der Waals surface area (Å²) < 4.78 is 50.7. The molecule has 2 heterocycles. The van der Waals surface area contributed by atoms with Crippen LogP contribution in [-0.2, 0) is 37.5 Å². The maximum Gasteiger partial charge on any atom is 0.243 e. The third kappa shape index (κ3) is 4.29. The van der Waals surface area contributed by atoms with Gasteiger partial charge in [0.25, 0.3) is 0 Å². The van der Waals surface area contributed by atoms with Gasteiger partial charge in [0.05, 0.1) is 15.5 Å². The van der Waals surface area contributed by atoms with Crippen LogP contribution in [0.2, 0.25) is 0 Å². The van der Waals surface area contributed by atoms with Crippen molar-refractivity contribution in [3.8, 4) is 0 Å². The van der Waals surface area contributed by atoms with Crippen molar-refractivity contribution in [2.24, 2.45) is 5.92 Å². The molecule has 11 heteroatoms. The Labute approximate surface area is 180 Å². The lowest BCUT2D eigenvalue weighted by atomic mass is 9.97. The minimum Gasteiger partial charge on any atom is -0.302 e. The molecule has 1 N–H and O–H groups in total. The number of amides is 1. The van der Waals surface area contributed by atoms with Crippen LogP contribution in [-0.4, -0.2) is 51.4 Å².